The van der Waals surface area contributed by atoms with E-state index in [1.807, 2.05) is 12.1 Å². The molecule has 0 aliphatic rings. The standard InChI is InChI=1S/C15H14BrCl/c1-10-7-11(2)9-13(8-10)15(16)12-3-5-14(17)6-4-12/h3-9,15H,1-2H3. The van der Waals surface area contributed by atoms with Gasteiger partial charge < -0.3 is 0 Å². The highest BCUT2D eigenvalue weighted by Gasteiger charge is 2.10. The summed E-state index contributed by atoms with van der Waals surface area (Å²) in [4.78, 5) is 0.221. The van der Waals surface area contributed by atoms with Crippen molar-refractivity contribution >= 4 is 27.5 Å². The van der Waals surface area contributed by atoms with Crippen molar-refractivity contribution in [2.75, 3.05) is 0 Å². The first-order valence-electron chi connectivity index (χ1n) is 5.54. The third kappa shape index (κ3) is 3.11. The van der Waals surface area contributed by atoms with Crippen LogP contribution >= 0.6 is 27.5 Å². The first-order chi connectivity index (χ1) is 8.06. The van der Waals surface area contributed by atoms with Crippen molar-refractivity contribution in [3.8, 4) is 0 Å². The lowest BCUT2D eigenvalue weighted by molar-refractivity contribution is 1.16. The summed E-state index contributed by atoms with van der Waals surface area (Å²) in [6, 6.07) is 14.6. The molecule has 0 heterocycles. The van der Waals surface area contributed by atoms with E-state index in [1.165, 1.54) is 22.3 Å². The van der Waals surface area contributed by atoms with E-state index < -0.39 is 0 Å². The minimum absolute atomic E-state index is 0.221. The van der Waals surface area contributed by atoms with E-state index >= 15 is 0 Å². The Morgan fingerprint density at radius 1 is 0.882 bits per heavy atom. The highest BCUT2D eigenvalue weighted by molar-refractivity contribution is 9.09. The molecule has 17 heavy (non-hydrogen) atoms. The summed E-state index contributed by atoms with van der Waals surface area (Å²) >= 11 is 9.64. The first kappa shape index (κ1) is 12.7. The lowest BCUT2D eigenvalue weighted by Gasteiger charge is -2.12. The van der Waals surface area contributed by atoms with Crippen molar-refractivity contribution in [1.82, 2.24) is 0 Å². The van der Waals surface area contributed by atoms with Gasteiger partial charge in [-0.05, 0) is 37.1 Å². The normalized spacial score (nSPS) is 12.5. The summed E-state index contributed by atoms with van der Waals surface area (Å²) in [6.45, 7) is 4.25. The average molecular weight is 310 g/mol. The largest absolute Gasteiger partial charge is 0.0843 e. The second-order valence-corrected chi connectivity index (χ2v) is 5.69. The number of alkyl halides is 1. The molecule has 0 aliphatic heterocycles. The maximum atomic E-state index is 5.90. The summed E-state index contributed by atoms with van der Waals surface area (Å²) in [5.41, 5.74) is 5.08. The molecule has 0 fully saturated rings. The minimum Gasteiger partial charge on any atom is -0.0843 e. The summed E-state index contributed by atoms with van der Waals surface area (Å²) < 4.78 is 0. The van der Waals surface area contributed by atoms with Crippen molar-refractivity contribution in [2.45, 2.75) is 18.7 Å². The van der Waals surface area contributed by atoms with Crippen molar-refractivity contribution in [3.05, 3.63) is 69.7 Å². The van der Waals surface area contributed by atoms with Gasteiger partial charge in [0.1, 0.15) is 0 Å². The van der Waals surface area contributed by atoms with E-state index in [9.17, 15) is 0 Å². The van der Waals surface area contributed by atoms with Crippen LogP contribution in [0.5, 0.6) is 0 Å². The Bertz CT molecular complexity index is 497. The molecule has 1 atom stereocenters. The van der Waals surface area contributed by atoms with Gasteiger partial charge in [0.25, 0.3) is 0 Å². The molecule has 0 bridgehead atoms. The quantitative estimate of drug-likeness (QED) is 0.648. The minimum atomic E-state index is 0.221. The van der Waals surface area contributed by atoms with Gasteiger partial charge in [-0.25, -0.2) is 0 Å². The molecule has 0 radical (unpaired) electrons. The molecule has 0 spiro atoms. The van der Waals surface area contributed by atoms with Crippen LogP contribution in [0.15, 0.2) is 42.5 Å². The number of rotatable bonds is 2. The van der Waals surface area contributed by atoms with Crippen LogP contribution in [0.4, 0.5) is 0 Å². The Kier molecular flexibility index (Phi) is 3.90. The molecule has 0 aliphatic carbocycles. The molecule has 0 N–H and O–H groups in total. The maximum Gasteiger partial charge on any atom is 0.0644 e. The van der Waals surface area contributed by atoms with Gasteiger partial charge in [-0.15, -0.1) is 0 Å². The highest BCUT2D eigenvalue weighted by Crippen LogP contribution is 2.32. The molecule has 0 nitrogen and oxygen atoms in total. The number of aryl methyl sites for hydroxylation is 2. The number of hydrogen-bond acceptors (Lipinski definition) is 0. The molecule has 1 unspecified atom stereocenters. The van der Waals surface area contributed by atoms with Gasteiger partial charge in [0.05, 0.1) is 4.83 Å². The van der Waals surface area contributed by atoms with E-state index in [-0.39, 0.29) is 4.83 Å². The molecule has 2 heteroatoms. The van der Waals surface area contributed by atoms with Crippen molar-refractivity contribution in [3.63, 3.8) is 0 Å². The number of hydrogen-bond donors (Lipinski definition) is 0. The van der Waals surface area contributed by atoms with Gasteiger partial charge in [-0.1, -0.05) is 69.0 Å². The second-order valence-electron chi connectivity index (χ2n) is 4.34. The van der Waals surface area contributed by atoms with Crippen LogP contribution in [-0.4, -0.2) is 0 Å². The molecule has 0 aromatic heterocycles. The zero-order valence-electron chi connectivity index (χ0n) is 9.87. The maximum absolute atomic E-state index is 5.90. The Hall–Kier alpha value is -0.790. The molecule has 88 valence electrons. The Morgan fingerprint density at radius 3 is 1.94 bits per heavy atom. The molecule has 2 rings (SSSR count). The van der Waals surface area contributed by atoms with E-state index in [0.717, 1.165) is 5.02 Å². The van der Waals surface area contributed by atoms with Gasteiger partial charge in [0.2, 0.25) is 0 Å². The van der Waals surface area contributed by atoms with E-state index in [0.29, 0.717) is 0 Å². The van der Waals surface area contributed by atoms with Crippen LogP contribution in [0.3, 0.4) is 0 Å². The summed E-state index contributed by atoms with van der Waals surface area (Å²) in [5.74, 6) is 0. The van der Waals surface area contributed by atoms with Crippen molar-refractivity contribution in [1.29, 1.82) is 0 Å². The first-order valence-corrected chi connectivity index (χ1v) is 6.83. The van der Waals surface area contributed by atoms with Crippen LogP contribution < -0.4 is 0 Å². The second kappa shape index (κ2) is 5.24. The van der Waals surface area contributed by atoms with Crippen LogP contribution in [0.25, 0.3) is 0 Å². The van der Waals surface area contributed by atoms with Crippen LogP contribution in [0, 0.1) is 13.8 Å². The number of benzene rings is 2. The van der Waals surface area contributed by atoms with Gasteiger partial charge in [0, 0.05) is 5.02 Å². The smallest absolute Gasteiger partial charge is 0.0644 e. The fourth-order valence-electron chi connectivity index (χ4n) is 1.98. The SMILES string of the molecule is Cc1cc(C)cc(C(Br)c2ccc(Cl)cc2)c1. The topological polar surface area (TPSA) is 0 Å². The zero-order valence-corrected chi connectivity index (χ0v) is 12.2. The lowest BCUT2D eigenvalue weighted by atomic mass is 10.0. The molecule has 0 saturated heterocycles. The third-order valence-corrected chi connectivity index (χ3v) is 4.01. The van der Waals surface area contributed by atoms with Crippen LogP contribution in [-0.2, 0) is 0 Å². The summed E-state index contributed by atoms with van der Waals surface area (Å²) in [7, 11) is 0. The van der Waals surface area contributed by atoms with E-state index in [1.54, 1.807) is 0 Å². The fraction of sp³-hybridized carbons (Fsp3) is 0.200. The van der Waals surface area contributed by atoms with Crippen molar-refractivity contribution < 1.29 is 0 Å². The predicted molar refractivity (Wildman–Crippen MR) is 78.1 cm³/mol. The van der Waals surface area contributed by atoms with Gasteiger partial charge in [0.15, 0.2) is 0 Å². The number of halogens is 2. The third-order valence-electron chi connectivity index (χ3n) is 2.70. The van der Waals surface area contributed by atoms with Gasteiger partial charge >= 0.3 is 0 Å². The van der Waals surface area contributed by atoms with Gasteiger partial charge in [-0.2, -0.15) is 0 Å². The molecule has 2 aromatic carbocycles. The summed E-state index contributed by atoms with van der Waals surface area (Å²) in [6.07, 6.45) is 0. The van der Waals surface area contributed by atoms with E-state index in [2.05, 4.69) is 60.1 Å². The van der Waals surface area contributed by atoms with Crippen LogP contribution in [0.2, 0.25) is 5.02 Å². The van der Waals surface area contributed by atoms with Crippen molar-refractivity contribution in [2.24, 2.45) is 0 Å². The molecule has 0 saturated carbocycles. The Balaban J connectivity index is 2.36. The van der Waals surface area contributed by atoms with Gasteiger partial charge in [-0.3, -0.25) is 0 Å². The van der Waals surface area contributed by atoms with E-state index in [4.69, 9.17) is 11.6 Å². The molecule has 2 aromatic rings. The molecule has 0 amide bonds. The monoisotopic (exact) mass is 308 g/mol. The predicted octanol–water partition coefficient (Wildman–Crippen LogP) is 5.44. The lowest BCUT2D eigenvalue weighted by Crippen LogP contribution is -1.94. The Labute approximate surface area is 116 Å². The molecular weight excluding hydrogens is 296 g/mol. The Morgan fingerprint density at radius 2 is 1.41 bits per heavy atom. The molecular formula is C15H14BrCl. The highest BCUT2D eigenvalue weighted by atomic mass is 79.9. The average Bonchev–Trinajstić information content (AvgIpc) is 2.28. The summed E-state index contributed by atoms with van der Waals surface area (Å²) in [5, 5.41) is 0.772. The fourth-order valence-corrected chi connectivity index (χ4v) is 2.68. The van der Waals surface area contributed by atoms with Crippen LogP contribution in [0.1, 0.15) is 27.1 Å². The zero-order chi connectivity index (χ0) is 12.4.